The van der Waals surface area contributed by atoms with Crippen molar-refractivity contribution in [2.45, 2.75) is 13.3 Å². The zero-order valence-corrected chi connectivity index (χ0v) is 11.6. The molecular formula is C14H13ClO2S. The van der Waals surface area contributed by atoms with Crippen LogP contribution in [0.5, 0.6) is 5.75 Å². The molecule has 1 aromatic heterocycles. The van der Waals surface area contributed by atoms with E-state index in [1.165, 1.54) is 11.3 Å². The molecule has 0 bridgehead atoms. The van der Waals surface area contributed by atoms with Crippen LogP contribution in [0.2, 0.25) is 5.02 Å². The molecular weight excluding hydrogens is 268 g/mol. The van der Waals surface area contributed by atoms with E-state index in [4.69, 9.17) is 16.3 Å². The minimum atomic E-state index is -0.0444. The van der Waals surface area contributed by atoms with Gasteiger partial charge in [-0.25, -0.2) is 0 Å². The van der Waals surface area contributed by atoms with Crippen LogP contribution in [0.25, 0.3) is 0 Å². The topological polar surface area (TPSA) is 26.3 Å². The van der Waals surface area contributed by atoms with E-state index < -0.39 is 0 Å². The third kappa shape index (κ3) is 2.92. The van der Waals surface area contributed by atoms with Gasteiger partial charge in [0.2, 0.25) is 5.78 Å². The van der Waals surface area contributed by atoms with E-state index in [1.807, 2.05) is 17.5 Å². The second-order valence-corrected chi connectivity index (χ2v) is 5.12. The lowest BCUT2D eigenvalue weighted by Gasteiger charge is -2.05. The quantitative estimate of drug-likeness (QED) is 0.758. The first-order valence-electron chi connectivity index (χ1n) is 5.73. The van der Waals surface area contributed by atoms with Gasteiger partial charge < -0.3 is 4.74 Å². The average molecular weight is 281 g/mol. The molecule has 0 saturated carbocycles. The third-order valence-corrected chi connectivity index (χ3v) is 3.75. The number of carbonyl (C=O) groups is 1. The van der Waals surface area contributed by atoms with Gasteiger partial charge in [0, 0.05) is 5.56 Å². The summed E-state index contributed by atoms with van der Waals surface area (Å²) in [5, 5.41) is 2.32. The summed E-state index contributed by atoms with van der Waals surface area (Å²) in [6, 6.07) is 8.89. The van der Waals surface area contributed by atoms with Crippen LogP contribution < -0.4 is 4.74 Å². The van der Waals surface area contributed by atoms with E-state index in [0.717, 1.165) is 12.2 Å². The highest BCUT2D eigenvalue weighted by atomic mass is 35.5. The Kier molecular flexibility index (Phi) is 4.39. The van der Waals surface area contributed by atoms with Crippen molar-refractivity contribution in [3.8, 4) is 5.75 Å². The normalized spacial score (nSPS) is 10.3. The molecule has 18 heavy (non-hydrogen) atoms. The molecule has 4 heteroatoms. The molecule has 0 aliphatic rings. The summed E-state index contributed by atoms with van der Waals surface area (Å²) >= 11 is 7.31. The Morgan fingerprint density at radius 3 is 2.56 bits per heavy atom. The summed E-state index contributed by atoms with van der Waals surface area (Å²) in [6.45, 7) is 2.74. The maximum atomic E-state index is 12.1. The average Bonchev–Trinajstić information content (AvgIpc) is 2.82. The lowest BCUT2D eigenvalue weighted by molar-refractivity contribution is 0.104. The fourth-order valence-electron chi connectivity index (χ4n) is 1.51. The van der Waals surface area contributed by atoms with Crippen LogP contribution in [0.15, 0.2) is 35.7 Å². The number of benzene rings is 1. The summed E-state index contributed by atoms with van der Waals surface area (Å²) in [6.07, 6.45) is 0.964. The van der Waals surface area contributed by atoms with Gasteiger partial charge in [-0.2, -0.15) is 0 Å². The predicted molar refractivity (Wildman–Crippen MR) is 75.0 cm³/mol. The highest BCUT2D eigenvalue weighted by molar-refractivity contribution is 7.13. The first-order valence-corrected chi connectivity index (χ1v) is 6.98. The van der Waals surface area contributed by atoms with Crippen LogP contribution in [-0.2, 0) is 0 Å². The van der Waals surface area contributed by atoms with Crippen molar-refractivity contribution >= 4 is 28.7 Å². The van der Waals surface area contributed by atoms with Crippen molar-refractivity contribution in [2.75, 3.05) is 6.61 Å². The summed E-state index contributed by atoms with van der Waals surface area (Å²) < 4.78 is 5.47. The number of ketones is 1. The highest BCUT2D eigenvalue weighted by Crippen LogP contribution is 2.25. The second-order valence-electron chi connectivity index (χ2n) is 3.80. The molecule has 0 N–H and O–H groups in total. The number of thiophene rings is 1. The van der Waals surface area contributed by atoms with Crippen molar-refractivity contribution < 1.29 is 9.53 Å². The second kappa shape index (κ2) is 6.03. The van der Waals surface area contributed by atoms with Crippen LogP contribution in [-0.4, -0.2) is 12.4 Å². The smallest absolute Gasteiger partial charge is 0.204 e. The standard InChI is InChI=1S/C14H13ClO2S/c1-2-8-17-11-5-3-10(4-6-11)13(16)14-12(15)7-9-18-14/h3-7,9H,2,8H2,1H3. The molecule has 2 nitrogen and oxygen atoms in total. The van der Waals surface area contributed by atoms with E-state index in [0.29, 0.717) is 22.1 Å². The minimum Gasteiger partial charge on any atom is -0.494 e. The molecule has 0 unspecified atom stereocenters. The van der Waals surface area contributed by atoms with Gasteiger partial charge >= 0.3 is 0 Å². The Bertz CT molecular complexity index is 531. The number of hydrogen-bond acceptors (Lipinski definition) is 3. The van der Waals surface area contributed by atoms with Crippen molar-refractivity contribution in [3.05, 3.63) is 51.2 Å². The van der Waals surface area contributed by atoms with Gasteiger partial charge in [0.1, 0.15) is 5.75 Å². The molecule has 2 aromatic rings. The zero-order valence-electron chi connectivity index (χ0n) is 9.98. The molecule has 0 atom stereocenters. The largest absolute Gasteiger partial charge is 0.494 e. The Morgan fingerprint density at radius 1 is 1.28 bits per heavy atom. The molecule has 2 rings (SSSR count). The Labute approximate surface area is 115 Å². The van der Waals surface area contributed by atoms with E-state index in [1.54, 1.807) is 18.2 Å². The van der Waals surface area contributed by atoms with Crippen molar-refractivity contribution in [2.24, 2.45) is 0 Å². The zero-order chi connectivity index (χ0) is 13.0. The number of hydrogen-bond donors (Lipinski definition) is 0. The van der Waals surface area contributed by atoms with E-state index >= 15 is 0 Å². The molecule has 0 radical (unpaired) electrons. The van der Waals surface area contributed by atoms with Crippen molar-refractivity contribution in [1.29, 1.82) is 0 Å². The number of halogens is 1. The van der Waals surface area contributed by atoms with Crippen LogP contribution in [0.4, 0.5) is 0 Å². The van der Waals surface area contributed by atoms with E-state index in [-0.39, 0.29) is 5.78 Å². The molecule has 0 saturated heterocycles. The molecule has 94 valence electrons. The molecule has 0 spiro atoms. The maximum Gasteiger partial charge on any atom is 0.204 e. The minimum absolute atomic E-state index is 0.0444. The maximum absolute atomic E-state index is 12.1. The summed E-state index contributed by atoms with van der Waals surface area (Å²) in [5.74, 6) is 0.739. The van der Waals surface area contributed by atoms with Crippen LogP contribution in [0.1, 0.15) is 28.6 Å². The predicted octanol–water partition coefficient (Wildman–Crippen LogP) is 4.42. The van der Waals surface area contributed by atoms with E-state index in [9.17, 15) is 4.79 Å². The van der Waals surface area contributed by atoms with Crippen LogP contribution in [0.3, 0.4) is 0 Å². The summed E-state index contributed by atoms with van der Waals surface area (Å²) in [5.41, 5.74) is 0.628. The molecule has 0 amide bonds. The van der Waals surface area contributed by atoms with Gasteiger partial charge in [0.05, 0.1) is 16.5 Å². The lowest BCUT2D eigenvalue weighted by atomic mass is 10.1. The Hall–Kier alpha value is -1.32. The Morgan fingerprint density at radius 2 is 2.00 bits per heavy atom. The fraction of sp³-hybridized carbons (Fsp3) is 0.214. The monoisotopic (exact) mass is 280 g/mol. The number of rotatable bonds is 5. The number of ether oxygens (including phenoxy) is 1. The molecule has 0 fully saturated rings. The highest BCUT2D eigenvalue weighted by Gasteiger charge is 2.14. The first kappa shape index (κ1) is 13.1. The third-order valence-electron chi connectivity index (χ3n) is 2.41. The molecule has 1 heterocycles. The fourth-order valence-corrected chi connectivity index (χ4v) is 2.61. The molecule has 0 aliphatic carbocycles. The van der Waals surface area contributed by atoms with Crippen molar-refractivity contribution in [3.63, 3.8) is 0 Å². The number of carbonyl (C=O) groups excluding carboxylic acids is 1. The van der Waals surface area contributed by atoms with Gasteiger partial charge in [-0.15, -0.1) is 11.3 Å². The van der Waals surface area contributed by atoms with Gasteiger partial charge in [0.15, 0.2) is 0 Å². The first-order chi connectivity index (χ1) is 8.72. The summed E-state index contributed by atoms with van der Waals surface area (Å²) in [7, 11) is 0. The van der Waals surface area contributed by atoms with Gasteiger partial charge in [-0.3, -0.25) is 4.79 Å². The van der Waals surface area contributed by atoms with Crippen molar-refractivity contribution in [1.82, 2.24) is 0 Å². The van der Waals surface area contributed by atoms with Crippen LogP contribution in [0, 0.1) is 0 Å². The lowest BCUT2D eigenvalue weighted by Crippen LogP contribution is -2.00. The van der Waals surface area contributed by atoms with Gasteiger partial charge in [-0.1, -0.05) is 18.5 Å². The van der Waals surface area contributed by atoms with E-state index in [2.05, 4.69) is 6.92 Å². The Balaban J connectivity index is 2.15. The summed E-state index contributed by atoms with van der Waals surface area (Å²) in [4.78, 5) is 12.7. The van der Waals surface area contributed by atoms with Gasteiger partial charge in [0.25, 0.3) is 0 Å². The van der Waals surface area contributed by atoms with Gasteiger partial charge in [-0.05, 0) is 42.1 Å². The molecule has 0 aliphatic heterocycles. The SMILES string of the molecule is CCCOc1ccc(C(=O)c2sccc2Cl)cc1. The van der Waals surface area contributed by atoms with Crippen LogP contribution >= 0.6 is 22.9 Å². The molecule has 1 aromatic carbocycles.